The smallest absolute Gasteiger partial charge is 0.244 e. The van der Waals surface area contributed by atoms with Crippen LogP contribution in [-0.4, -0.2) is 46.8 Å². The molecule has 1 amide bonds. The quantitative estimate of drug-likeness (QED) is 0.569. The molecule has 0 atom stereocenters. The molecule has 2 heterocycles. The van der Waals surface area contributed by atoms with Crippen molar-refractivity contribution in [3.05, 3.63) is 28.5 Å². The van der Waals surface area contributed by atoms with Gasteiger partial charge in [-0.3, -0.25) is 9.20 Å². The third kappa shape index (κ3) is 4.53. The summed E-state index contributed by atoms with van der Waals surface area (Å²) >= 11 is 7.50. The van der Waals surface area contributed by atoms with Crippen molar-refractivity contribution in [2.75, 3.05) is 26.4 Å². The van der Waals surface area contributed by atoms with E-state index in [0.29, 0.717) is 37.0 Å². The minimum Gasteiger partial charge on any atom is -0.394 e. The first-order chi connectivity index (χ1) is 10.2. The van der Waals surface area contributed by atoms with Crippen LogP contribution in [0.4, 0.5) is 0 Å². The van der Waals surface area contributed by atoms with E-state index in [-0.39, 0.29) is 12.5 Å². The van der Waals surface area contributed by atoms with Gasteiger partial charge in [-0.2, -0.15) is 0 Å². The molecule has 0 saturated carbocycles. The van der Waals surface area contributed by atoms with Gasteiger partial charge >= 0.3 is 0 Å². The van der Waals surface area contributed by atoms with Gasteiger partial charge in [0.05, 0.1) is 18.9 Å². The molecule has 0 unspecified atom stereocenters. The summed E-state index contributed by atoms with van der Waals surface area (Å²) in [4.78, 5) is 16.6. The normalized spacial score (nSPS) is 11.5. The van der Waals surface area contributed by atoms with Gasteiger partial charge in [-0.25, -0.2) is 4.98 Å². The Morgan fingerprint density at radius 1 is 1.57 bits per heavy atom. The Morgan fingerprint density at radius 3 is 3.24 bits per heavy atom. The number of imidazole rings is 1. The van der Waals surface area contributed by atoms with Crippen LogP contribution in [0.2, 0.25) is 5.15 Å². The van der Waals surface area contributed by atoms with Gasteiger partial charge in [-0.05, 0) is 12.5 Å². The summed E-state index contributed by atoms with van der Waals surface area (Å²) in [6, 6.07) is 0. The number of nitrogens with zero attached hydrogens (tertiary/aromatic N) is 2. The molecule has 8 heteroatoms. The number of halogens is 1. The topological polar surface area (TPSA) is 75.9 Å². The van der Waals surface area contributed by atoms with Crippen LogP contribution in [0.15, 0.2) is 17.7 Å². The Morgan fingerprint density at radius 2 is 2.43 bits per heavy atom. The lowest BCUT2D eigenvalue weighted by molar-refractivity contribution is -0.116. The molecule has 0 radical (unpaired) electrons. The van der Waals surface area contributed by atoms with Crippen molar-refractivity contribution in [3.63, 3.8) is 0 Å². The van der Waals surface area contributed by atoms with Gasteiger partial charge in [0, 0.05) is 30.8 Å². The maximum absolute atomic E-state index is 11.7. The van der Waals surface area contributed by atoms with Crippen molar-refractivity contribution >= 4 is 39.9 Å². The number of carbonyl (C=O) groups is 1. The second-order valence-electron chi connectivity index (χ2n) is 4.16. The van der Waals surface area contributed by atoms with Crippen molar-refractivity contribution in [2.45, 2.75) is 6.42 Å². The van der Waals surface area contributed by atoms with E-state index < -0.39 is 0 Å². The highest BCUT2D eigenvalue weighted by atomic mass is 35.5. The molecule has 0 saturated heterocycles. The zero-order valence-corrected chi connectivity index (χ0v) is 12.9. The van der Waals surface area contributed by atoms with E-state index in [1.807, 2.05) is 16.0 Å². The number of rotatable bonds is 8. The van der Waals surface area contributed by atoms with Crippen LogP contribution in [-0.2, 0) is 9.53 Å². The van der Waals surface area contributed by atoms with Gasteiger partial charge < -0.3 is 15.2 Å². The molecule has 0 aliphatic carbocycles. The largest absolute Gasteiger partial charge is 0.394 e. The van der Waals surface area contributed by atoms with Gasteiger partial charge in [-0.1, -0.05) is 11.6 Å². The Kier molecular flexibility index (Phi) is 6.19. The summed E-state index contributed by atoms with van der Waals surface area (Å²) in [7, 11) is 0. The maximum Gasteiger partial charge on any atom is 0.244 e. The fourth-order valence-electron chi connectivity index (χ4n) is 1.69. The zero-order chi connectivity index (χ0) is 15.1. The van der Waals surface area contributed by atoms with Crippen LogP contribution in [0.1, 0.15) is 12.1 Å². The van der Waals surface area contributed by atoms with Gasteiger partial charge in [-0.15, -0.1) is 11.3 Å². The molecule has 2 N–H and O–H groups in total. The second-order valence-corrected chi connectivity index (χ2v) is 5.39. The van der Waals surface area contributed by atoms with Gasteiger partial charge in [0.2, 0.25) is 5.91 Å². The van der Waals surface area contributed by atoms with Crippen molar-refractivity contribution in [3.8, 4) is 0 Å². The average Bonchev–Trinajstić information content (AvgIpc) is 3.01. The number of aromatic nitrogens is 2. The number of ether oxygens (including phenoxy) is 1. The molecule has 6 nitrogen and oxygen atoms in total. The number of nitrogens with one attached hydrogen (secondary N) is 1. The lowest BCUT2D eigenvalue weighted by Gasteiger charge is -2.03. The van der Waals surface area contributed by atoms with E-state index in [1.54, 1.807) is 6.08 Å². The lowest BCUT2D eigenvalue weighted by atomic mass is 10.3. The van der Waals surface area contributed by atoms with E-state index in [4.69, 9.17) is 21.4 Å². The average molecular weight is 330 g/mol. The number of carbonyl (C=O) groups excluding carboxylic acids is 1. The van der Waals surface area contributed by atoms with Crippen LogP contribution < -0.4 is 5.32 Å². The SMILES string of the molecule is O=C(/C=C/c1c(Cl)nc2sccn12)NCCCOCCO. The molecular weight excluding hydrogens is 314 g/mol. The Hall–Kier alpha value is -1.41. The Balaban J connectivity index is 1.79. The highest BCUT2D eigenvalue weighted by molar-refractivity contribution is 7.15. The van der Waals surface area contributed by atoms with Crippen LogP contribution >= 0.6 is 22.9 Å². The molecule has 0 aromatic carbocycles. The molecule has 0 aliphatic heterocycles. The summed E-state index contributed by atoms with van der Waals surface area (Å²) < 4.78 is 6.92. The van der Waals surface area contributed by atoms with E-state index in [0.717, 1.165) is 4.96 Å². The van der Waals surface area contributed by atoms with Gasteiger partial charge in [0.15, 0.2) is 10.1 Å². The first-order valence-electron chi connectivity index (χ1n) is 6.48. The predicted molar refractivity (Wildman–Crippen MR) is 82.6 cm³/mol. The highest BCUT2D eigenvalue weighted by Gasteiger charge is 2.08. The van der Waals surface area contributed by atoms with Crippen molar-refractivity contribution in [2.24, 2.45) is 0 Å². The molecule has 0 spiro atoms. The standard InChI is InChI=1S/C13H16ClN3O3S/c14-12-10(17-5-9-21-13(17)16-12)2-3-11(19)15-4-1-7-20-8-6-18/h2-3,5,9,18H,1,4,6-8H2,(H,15,19)/b3-2+. The monoisotopic (exact) mass is 329 g/mol. The number of hydrogen-bond acceptors (Lipinski definition) is 5. The van der Waals surface area contributed by atoms with Crippen LogP contribution in [0, 0.1) is 0 Å². The first kappa shape index (κ1) is 16.0. The maximum atomic E-state index is 11.7. The summed E-state index contributed by atoms with van der Waals surface area (Å²) in [6.07, 6.45) is 5.63. The molecule has 21 heavy (non-hydrogen) atoms. The molecule has 2 rings (SSSR count). The summed E-state index contributed by atoms with van der Waals surface area (Å²) in [5.74, 6) is -0.196. The van der Waals surface area contributed by atoms with E-state index in [1.165, 1.54) is 17.4 Å². The van der Waals surface area contributed by atoms with Gasteiger partial charge in [0.25, 0.3) is 0 Å². The molecule has 2 aromatic rings. The van der Waals surface area contributed by atoms with E-state index >= 15 is 0 Å². The Bertz CT molecular complexity index is 623. The van der Waals surface area contributed by atoms with E-state index in [2.05, 4.69) is 10.3 Å². The van der Waals surface area contributed by atoms with Crippen LogP contribution in [0.3, 0.4) is 0 Å². The molecule has 0 fully saturated rings. The number of amides is 1. The number of thiazole rings is 1. The minimum atomic E-state index is -0.196. The fraction of sp³-hybridized carbons (Fsp3) is 0.385. The number of hydrogen-bond donors (Lipinski definition) is 2. The Labute approximate surface area is 131 Å². The molecule has 0 aliphatic rings. The van der Waals surface area contributed by atoms with Crippen molar-refractivity contribution in [1.82, 2.24) is 14.7 Å². The molecule has 0 bridgehead atoms. The minimum absolute atomic E-state index is 0.0122. The molecule has 114 valence electrons. The fourth-order valence-corrected chi connectivity index (χ4v) is 2.70. The van der Waals surface area contributed by atoms with E-state index in [9.17, 15) is 4.79 Å². The van der Waals surface area contributed by atoms with Crippen molar-refractivity contribution in [1.29, 1.82) is 0 Å². The third-order valence-electron chi connectivity index (χ3n) is 2.65. The third-order valence-corrected chi connectivity index (χ3v) is 3.68. The number of aliphatic hydroxyl groups excluding tert-OH is 1. The molecular formula is C13H16ClN3O3S. The summed E-state index contributed by atoms with van der Waals surface area (Å²) in [6.45, 7) is 1.36. The number of aliphatic hydroxyl groups is 1. The van der Waals surface area contributed by atoms with Crippen molar-refractivity contribution < 1.29 is 14.6 Å². The van der Waals surface area contributed by atoms with Gasteiger partial charge in [0.1, 0.15) is 0 Å². The summed E-state index contributed by atoms with van der Waals surface area (Å²) in [5, 5.41) is 13.6. The number of fused-ring (bicyclic) bond motifs is 1. The highest BCUT2D eigenvalue weighted by Crippen LogP contribution is 2.22. The summed E-state index contributed by atoms with van der Waals surface area (Å²) in [5.41, 5.74) is 0.689. The second kappa shape index (κ2) is 8.14. The lowest BCUT2D eigenvalue weighted by Crippen LogP contribution is -2.23. The van der Waals surface area contributed by atoms with Crippen LogP contribution in [0.5, 0.6) is 0 Å². The zero-order valence-electron chi connectivity index (χ0n) is 11.3. The molecule has 2 aromatic heterocycles. The van der Waals surface area contributed by atoms with Crippen LogP contribution in [0.25, 0.3) is 11.0 Å². The predicted octanol–water partition coefficient (Wildman–Crippen LogP) is 1.58. The first-order valence-corrected chi connectivity index (χ1v) is 7.73.